The van der Waals surface area contributed by atoms with Crippen LogP contribution in [0.25, 0.3) is 0 Å². The zero-order valence-corrected chi connectivity index (χ0v) is 9.51. The standard InChI is InChI=1S/C12H17P/c1-12(2,3)13-9-11(13)10-7-5-4-6-8-10/h4-8,11H,9H2,1-3H3/t11-,13+/m1/s1. The van der Waals surface area contributed by atoms with E-state index in [2.05, 4.69) is 51.1 Å². The molecule has 0 spiro atoms. The Hall–Kier alpha value is -0.350. The largest absolute Gasteiger partial charge is 0.0922 e. The first-order chi connectivity index (χ1) is 6.09. The summed E-state index contributed by atoms with van der Waals surface area (Å²) in [5.41, 5.74) is 2.46. The van der Waals surface area contributed by atoms with E-state index in [1.54, 1.807) is 5.56 Å². The van der Waals surface area contributed by atoms with Gasteiger partial charge in [-0.1, -0.05) is 59.0 Å². The molecule has 0 radical (unpaired) electrons. The first-order valence-corrected chi connectivity index (χ1v) is 6.50. The smallest absolute Gasteiger partial charge is 0.00864 e. The molecule has 1 heteroatoms. The molecule has 1 aromatic rings. The van der Waals surface area contributed by atoms with Crippen LogP contribution in [-0.4, -0.2) is 11.3 Å². The lowest BCUT2D eigenvalue weighted by atomic mass is 10.2. The highest BCUT2D eigenvalue weighted by atomic mass is 31.1. The van der Waals surface area contributed by atoms with Crippen LogP contribution < -0.4 is 0 Å². The van der Waals surface area contributed by atoms with Crippen molar-refractivity contribution in [1.82, 2.24) is 0 Å². The van der Waals surface area contributed by atoms with E-state index in [1.807, 2.05) is 0 Å². The fourth-order valence-electron chi connectivity index (χ4n) is 1.84. The molecular weight excluding hydrogens is 175 g/mol. The fourth-order valence-corrected chi connectivity index (χ4v) is 4.59. The highest BCUT2D eigenvalue weighted by Crippen LogP contribution is 2.75. The highest BCUT2D eigenvalue weighted by Gasteiger charge is 2.44. The van der Waals surface area contributed by atoms with Gasteiger partial charge >= 0.3 is 0 Å². The molecule has 0 saturated carbocycles. The first kappa shape index (κ1) is 9.21. The van der Waals surface area contributed by atoms with E-state index in [0.29, 0.717) is 5.16 Å². The Kier molecular flexibility index (Phi) is 2.20. The molecule has 13 heavy (non-hydrogen) atoms. The normalized spacial score (nSPS) is 27.3. The average molecular weight is 192 g/mol. The van der Waals surface area contributed by atoms with Crippen LogP contribution in [0, 0.1) is 0 Å². The molecule has 1 aromatic carbocycles. The summed E-state index contributed by atoms with van der Waals surface area (Å²) in [6.45, 7) is 7.13. The number of hydrogen-bond acceptors (Lipinski definition) is 0. The Bertz CT molecular complexity index is 284. The van der Waals surface area contributed by atoms with Gasteiger partial charge in [-0.3, -0.25) is 0 Å². The van der Waals surface area contributed by atoms with Crippen molar-refractivity contribution >= 4 is 7.92 Å². The SMILES string of the molecule is CC(C)(C)[P@@]1C[C@@H]1c1ccccc1. The molecule has 1 aliphatic rings. The molecule has 2 rings (SSSR count). The molecule has 1 saturated heterocycles. The summed E-state index contributed by atoms with van der Waals surface area (Å²) < 4.78 is 0. The minimum atomic E-state index is 0.269. The third kappa shape index (κ3) is 1.94. The van der Waals surface area contributed by atoms with Gasteiger partial charge in [0.2, 0.25) is 0 Å². The minimum Gasteiger partial charge on any atom is -0.0922 e. The van der Waals surface area contributed by atoms with Gasteiger partial charge < -0.3 is 0 Å². The van der Waals surface area contributed by atoms with Crippen molar-refractivity contribution in [3.63, 3.8) is 0 Å². The van der Waals surface area contributed by atoms with E-state index >= 15 is 0 Å². The zero-order valence-electron chi connectivity index (χ0n) is 8.62. The third-order valence-electron chi connectivity index (χ3n) is 2.66. The first-order valence-electron chi connectivity index (χ1n) is 4.91. The van der Waals surface area contributed by atoms with E-state index in [9.17, 15) is 0 Å². The average Bonchev–Trinajstić information content (AvgIpc) is 2.83. The van der Waals surface area contributed by atoms with Crippen LogP contribution >= 0.6 is 7.92 Å². The van der Waals surface area contributed by atoms with Gasteiger partial charge in [0, 0.05) is 5.66 Å². The summed E-state index contributed by atoms with van der Waals surface area (Å²) >= 11 is 0. The second-order valence-electron chi connectivity index (χ2n) is 4.75. The van der Waals surface area contributed by atoms with Crippen LogP contribution in [0.2, 0.25) is 0 Å². The van der Waals surface area contributed by atoms with Gasteiger partial charge in [0.15, 0.2) is 0 Å². The lowest BCUT2D eigenvalue weighted by Crippen LogP contribution is -2.04. The predicted octanol–water partition coefficient (Wildman–Crippen LogP) is 4.02. The topological polar surface area (TPSA) is 0 Å². The van der Waals surface area contributed by atoms with Crippen molar-refractivity contribution in [2.24, 2.45) is 0 Å². The number of hydrogen-bond donors (Lipinski definition) is 0. The van der Waals surface area contributed by atoms with Crippen molar-refractivity contribution in [3.8, 4) is 0 Å². The Morgan fingerprint density at radius 2 is 1.77 bits per heavy atom. The van der Waals surface area contributed by atoms with E-state index < -0.39 is 0 Å². The Labute approximate surface area is 82.1 Å². The maximum atomic E-state index is 2.38. The molecule has 0 unspecified atom stereocenters. The van der Waals surface area contributed by atoms with Gasteiger partial charge in [-0.25, -0.2) is 0 Å². The Morgan fingerprint density at radius 3 is 2.23 bits per heavy atom. The molecule has 0 aromatic heterocycles. The van der Waals surface area contributed by atoms with Crippen molar-refractivity contribution in [3.05, 3.63) is 35.9 Å². The third-order valence-corrected chi connectivity index (χ3v) is 5.90. The number of rotatable bonds is 1. The van der Waals surface area contributed by atoms with Gasteiger partial charge in [0.25, 0.3) is 0 Å². The summed E-state index contributed by atoms with van der Waals surface area (Å²) in [5.74, 6) is 0. The quantitative estimate of drug-likeness (QED) is 0.589. The van der Waals surface area contributed by atoms with Crippen LogP contribution in [0.1, 0.15) is 32.0 Å². The summed E-state index contributed by atoms with van der Waals surface area (Å²) in [7, 11) is 0.269. The Balaban J connectivity index is 2.09. The van der Waals surface area contributed by atoms with Gasteiger partial charge in [-0.15, -0.1) is 0 Å². The monoisotopic (exact) mass is 192 g/mol. The van der Waals surface area contributed by atoms with Gasteiger partial charge in [0.1, 0.15) is 0 Å². The van der Waals surface area contributed by atoms with Gasteiger partial charge in [-0.2, -0.15) is 0 Å². The molecule has 1 heterocycles. The molecule has 0 aliphatic carbocycles. The predicted molar refractivity (Wildman–Crippen MR) is 60.7 cm³/mol. The van der Waals surface area contributed by atoms with Crippen LogP contribution in [-0.2, 0) is 0 Å². The molecule has 1 fully saturated rings. The van der Waals surface area contributed by atoms with E-state index in [0.717, 1.165) is 5.66 Å². The van der Waals surface area contributed by atoms with Gasteiger partial charge in [-0.05, 0) is 16.9 Å². The summed E-state index contributed by atoms with van der Waals surface area (Å²) in [6.07, 6.45) is 1.45. The summed E-state index contributed by atoms with van der Waals surface area (Å²) in [6, 6.07) is 11.0. The number of benzene rings is 1. The zero-order chi connectivity index (χ0) is 9.47. The maximum absolute atomic E-state index is 2.38. The molecule has 0 nitrogen and oxygen atoms in total. The molecule has 70 valence electrons. The second-order valence-corrected chi connectivity index (χ2v) is 8.02. The van der Waals surface area contributed by atoms with Crippen LogP contribution in [0.5, 0.6) is 0 Å². The lowest BCUT2D eigenvalue weighted by Gasteiger charge is -2.18. The maximum Gasteiger partial charge on any atom is 0.00864 e. The second kappa shape index (κ2) is 3.10. The molecule has 2 atom stereocenters. The Morgan fingerprint density at radius 1 is 1.15 bits per heavy atom. The van der Waals surface area contributed by atoms with Crippen LogP contribution in [0.4, 0.5) is 0 Å². The highest BCUT2D eigenvalue weighted by molar-refractivity contribution is 7.67. The molecular formula is C12H17P. The molecule has 1 aliphatic heterocycles. The lowest BCUT2D eigenvalue weighted by molar-refractivity contribution is 0.792. The minimum absolute atomic E-state index is 0.269. The van der Waals surface area contributed by atoms with E-state index in [4.69, 9.17) is 0 Å². The molecule has 0 bridgehead atoms. The fraction of sp³-hybridized carbons (Fsp3) is 0.500. The summed E-state index contributed by atoms with van der Waals surface area (Å²) in [5, 5.41) is 0.551. The van der Waals surface area contributed by atoms with Crippen molar-refractivity contribution in [1.29, 1.82) is 0 Å². The van der Waals surface area contributed by atoms with Crippen molar-refractivity contribution < 1.29 is 0 Å². The van der Waals surface area contributed by atoms with Crippen LogP contribution in [0.3, 0.4) is 0 Å². The van der Waals surface area contributed by atoms with Gasteiger partial charge in [0.05, 0.1) is 0 Å². The van der Waals surface area contributed by atoms with E-state index in [-0.39, 0.29) is 7.92 Å². The van der Waals surface area contributed by atoms with E-state index in [1.165, 1.54) is 6.16 Å². The van der Waals surface area contributed by atoms with Crippen molar-refractivity contribution in [2.45, 2.75) is 31.6 Å². The molecule has 0 amide bonds. The molecule has 0 N–H and O–H groups in total. The van der Waals surface area contributed by atoms with Crippen molar-refractivity contribution in [2.75, 3.05) is 6.16 Å². The summed E-state index contributed by atoms with van der Waals surface area (Å²) in [4.78, 5) is 0. The van der Waals surface area contributed by atoms with Crippen LogP contribution in [0.15, 0.2) is 30.3 Å².